The maximum Gasteiger partial charge on any atom is 0.408 e. The number of nitrogens with zero attached hydrogens (tertiary/aromatic N) is 1. The van der Waals surface area contributed by atoms with E-state index in [9.17, 15) is 19.2 Å². The minimum atomic E-state index is -1.02. The van der Waals surface area contributed by atoms with Crippen LogP contribution in [-0.4, -0.2) is 65.9 Å². The van der Waals surface area contributed by atoms with Crippen molar-refractivity contribution in [2.75, 3.05) is 25.4 Å². The minimum Gasteiger partial charge on any atom is -0.466 e. The van der Waals surface area contributed by atoms with E-state index in [1.807, 2.05) is 13.0 Å². The van der Waals surface area contributed by atoms with Crippen molar-refractivity contribution >= 4 is 42.6 Å². The summed E-state index contributed by atoms with van der Waals surface area (Å²) in [6.45, 7) is 13.1. The number of hydrogen-bond donors (Lipinski definition) is 3. The summed E-state index contributed by atoms with van der Waals surface area (Å²) >= 11 is 4.26. The van der Waals surface area contributed by atoms with Crippen LogP contribution < -0.4 is 10.6 Å². The molecule has 0 aliphatic rings. The standard InChI is InChI=1S/C26H39N3O6S/c1-7-15-29(24(32)20(17-36)28-25(33)35-26(4,5)6)22(19-12-10-11-18(8-2)16-19)23(31)27-14-13-21(30)34-9-3/h8,10-12,16,20,22,36H,2,7,9,13-15,17H2,1,3-6H3,(H,27,31)(H,28,33). The molecule has 0 aliphatic heterocycles. The SMILES string of the molecule is C=Cc1cccc(C(C(=O)NCCC(=O)OCC)N(CCC)C(=O)C(CS)NC(=O)OC(C)(C)C)c1. The van der Waals surface area contributed by atoms with Gasteiger partial charge in [-0.15, -0.1) is 0 Å². The molecule has 36 heavy (non-hydrogen) atoms. The van der Waals surface area contributed by atoms with E-state index in [0.29, 0.717) is 12.0 Å². The molecule has 200 valence electrons. The fraction of sp³-hybridized carbons (Fsp3) is 0.538. The zero-order chi connectivity index (χ0) is 27.3. The number of ether oxygens (including phenoxy) is 2. The summed E-state index contributed by atoms with van der Waals surface area (Å²) in [4.78, 5) is 52.5. The smallest absolute Gasteiger partial charge is 0.408 e. The number of amides is 3. The number of carbonyl (C=O) groups is 4. The highest BCUT2D eigenvalue weighted by Gasteiger charge is 2.35. The van der Waals surface area contributed by atoms with Crippen LogP contribution in [0.4, 0.5) is 4.79 Å². The van der Waals surface area contributed by atoms with Gasteiger partial charge in [-0.3, -0.25) is 14.4 Å². The number of carbonyl (C=O) groups excluding carboxylic acids is 4. The Bertz CT molecular complexity index is 915. The van der Waals surface area contributed by atoms with E-state index in [4.69, 9.17) is 9.47 Å². The van der Waals surface area contributed by atoms with Crippen molar-refractivity contribution in [3.05, 3.63) is 42.0 Å². The molecule has 0 heterocycles. The molecule has 9 nitrogen and oxygen atoms in total. The molecule has 0 bridgehead atoms. The van der Waals surface area contributed by atoms with Crippen molar-refractivity contribution in [1.82, 2.24) is 15.5 Å². The molecule has 1 aromatic carbocycles. The van der Waals surface area contributed by atoms with Crippen molar-refractivity contribution in [2.45, 2.75) is 65.1 Å². The third-order valence-corrected chi connectivity index (χ3v) is 5.24. The Balaban J connectivity index is 3.29. The van der Waals surface area contributed by atoms with Gasteiger partial charge in [-0.1, -0.05) is 37.8 Å². The molecule has 0 saturated heterocycles. The van der Waals surface area contributed by atoms with Crippen molar-refractivity contribution in [3.8, 4) is 0 Å². The molecule has 0 saturated carbocycles. The van der Waals surface area contributed by atoms with Gasteiger partial charge in [0.05, 0.1) is 13.0 Å². The first-order chi connectivity index (χ1) is 17.0. The van der Waals surface area contributed by atoms with Gasteiger partial charge in [-0.25, -0.2) is 4.79 Å². The van der Waals surface area contributed by atoms with Crippen molar-refractivity contribution in [1.29, 1.82) is 0 Å². The van der Waals surface area contributed by atoms with Gasteiger partial charge in [0.15, 0.2) is 0 Å². The number of hydrogen-bond acceptors (Lipinski definition) is 7. The molecule has 2 unspecified atom stereocenters. The van der Waals surface area contributed by atoms with Crippen LogP contribution in [0.15, 0.2) is 30.8 Å². The maximum absolute atomic E-state index is 13.6. The number of rotatable bonds is 13. The molecule has 0 spiro atoms. The Hall–Kier alpha value is -3.01. The molecular formula is C26H39N3O6S. The van der Waals surface area contributed by atoms with E-state index in [2.05, 4.69) is 29.8 Å². The van der Waals surface area contributed by atoms with Crippen LogP contribution in [0.3, 0.4) is 0 Å². The van der Waals surface area contributed by atoms with Crippen LogP contribution in [0.5, 0.6) is 0 Å². The summed E-state index contributed by atoms with van der Waals surface area (Å²) in [7, 11) is 0. The van der Waals surface area contributed by atoms with E-state index >= 15 is 0 Å². The quantitative estimate of drug-likeness (QED) is 0.270. The van der Waals surface area contributed by atoms with Crippen molar-refractivity contribution in [3.63, 3.8) is 0 Å². The predicted octanol–water partition coefficient (Wildman–Crippen LogP) is 3.50. The van der Waals surface area contributed by atoms with Gasteiger partial charge in [0.1, 0.15) is 17.7 Å². The molecule has 1 aromatic rings. The lowest BCUT2D eigenvalue weighted by molar-refractivity contribution is -0.144. The summed E-state index contributed by atoms with van der Waals surface area (Å²) in [5.74, 6) is -1.37. The van der Waals surface area contributed by atoms with E-state index in [1.54, 1.807) is 52.0 Å². The highest BCUT2D eigenvalue weighted by molar-refractivity contribution is 7.80. The Morgan fingerprint density at radius 2 is 1.89 bits per heavy atom. The first-order valence-corrected chi connectivity index (χ1v) is 12.7. The molecule has 2 atom stereocenters. The summed E-state index contributed by atoms with van der Waals surface area (Å²) < 4.78 is 10.2. The van der Waals surface area contributed by atoms with Crippen molar-refractivity contribution < 1.29 is 28.7 Å². The number of thiol groups is 1. The van der Waals surface area contributed by atoms with Gasteiger partial charge in [0.2, 0.25) is 11.8 Å². The number of nitrogens with one attached hydrogen (secondary N) is 2. The van der Waals surface area contributed by atoms with E-state index < -0.39 is 41.6 Å². The Labute approximate surface area is 219 Å². The fourth-order valence-corrected chi connectivity index (χ4v) is 3.64. The molecule has 10 heteroatoms. The van der Waals surface area contributed by atoms with Gasteiger partial charge in [-0.05, 0) is 51.3 Å². The summed E-state index contributed by atoms with van der Waals surface area (Å²) in [6, 6.07) is 5.09. The van der Waals surface area contributed by atoms with E-state index in [-0.39, 0.29) is 31.9 Å². The monoisotopic (exact) mass is 521 g/mol. The summed E-state index contributed by atoms with van der Waals surface area (Å²) in [5.41, 5.74) is 0.598. The zero-order valence-electron chi connectivity index (χ0n) is 21.8. The molecule has 0 fully saturated rings. The van der Waals surface area contributed by atoms with Crippen LogP contribution in [0.25, 0.3) is 6.08 Å². The second kappa shape index (κ2) is 15.2. The third kappa shape index (κ3) is 10.3. The largest absolute Gasteiger partial charge is 0.466 e. The number of alkyl carbamates (subject to hydrolysis) is 1. The van der Waals surface area contributed by atoms with E-state index in [1.165, 1.54) is 4.90 Å². The minimum absolute atomic E-state index is 0.000185. The molecule has 3 amide bonds. The average molecular weight is 522 g/mol. The normalized spacial score (nSPS) is 12.6. The molecule has 1 rings (SSSR count). The Kier molecular flexibility index (Phi) is 13.1. The molecule has 0 aliphatic carbocycles. The van der Waals surface area contributed by atoms with Gasteiger partial charge in [0.25, 0.3) is 0 Å². The summed E-state index contributed by atoms with van der Waals surface area (Å²) in [6.07, 6.45) is 1.45. The van der Waals surface area contributed by atoms with Crippen LogP contribution in [0, 0.1) is 0 Å². The third-order valence-electron chi connectivity index (χ3n) is 4.88. The Morgan fingerprint density at radius 1 is 1.19 bits per heavy atom. The van der Waals surface area contributed by atoms with Gasteiger partial charge in [0, 0.05) is 18.8 Å². The maximum atomic E-state index is 13.6. The second-order valence-electron chi connectivity index (χ2n) is 9.04. The van der Waals surface area contributed by atoms with Crippen LogP contribution >= 0.6 is 12.6 Å². The molecular weight excluding hydrogens is 482 g/mol. The van der Waals surface area contributed by atoms with Gasteiger partial charge < -0.3 is 25.0 Å². The van der Waals surface area contributed by atoms with Crippen molar-refractivity contribution in [2.24, 2.45) is 0 Å². The van der Waals surface area contributed by atoms with Crippen LogP contribution in [0.2, 0.25) is 0 Å². The highest BCUT2D eigenvalue weighted by atomic mass is 32.1. The lowest BCUT2D eigenvalue weighted by atomic mass is 10.00. The molecule has 0 radical (unpaired) electrons. The highest BCUT2D eigenvalue weighted by Crippen LogP contribution is 2.24. The fourth-order valence-electron chi connectivity index (χ4n) is 3.39. The van der Waals surface area contributed by atoms with Crippen LogP contribution in [-0.2, 0) is 23.9 Å². The Morgan fingerprint density at radius 3 is 2.44 bits per heavy atom. The molecule has 2 N–H and O–H groups in total. The van der Waals surface area contributed by atoms with Gasteiger partial charge in [-0.2, -0.15) is 12.6 Å². The summed E-state index contributed by atoms with van der Waals surface area (Å²) in [5, 5.41) is 5.30. The number of esters is 1. The average Bonchev–Trinajstić information content (AvgIpc) is 2.81. The lowest BCUT2D eigenvalue weighted by Gasteiger charge is -2.34. The topological polar surface area (TPSA) is 114 Å². The molecule has 0 aromatic heterocycles. The van der Waals surface area contributed by atoms with Crippen LogP contribution in [0.1, 0.15) is 64.6 Å². The van der Waals surface area contributed by atoms with Gasteiger partial charge >= 0.3 is 12.1 Å². The zero-order valence-corrected chi connectivity index (χ0v) is 22.7. The predicted molar refractivity (Wildman–Crippen MR) is 143 cm³/mol. The number of benzene rings is 1. The lowest BCUT2D eigenvalue weighted by Crippen LogP contribution is -2.54. The first-order valence-electron chi connectivity index (χ1n) is 12.0. The first kappa shape index (κ1) is 31.0. The second-order valence-corrected chi connectivity index (χ2v) is 9.40. The van der Waals surface area contributed by atoms with E-state index in [0.717, 1.165) is 5.56 Å².